The molecule has 0 aliphatic rings. The third-order valence-electron chi connectivity index (χ3n) is 1.55. The van der Waals surface area contributed by atoms with Gasteiger partial charge in [0.15, 0.2) is 0 Å². The predicted octanol–water partition coefficient (Wildman–Crippen LogP) is 2.22. The van der Waals surface area contributed by atoms with Crippen molar-refractivity contribution in [3.05, 3.63) is 22.5 Å². The molecule has 1 aromatic rings. The van der Waals surface area contributed by atoms with Crippen molar-refractivity contribution < 1.29 is 4.42 Å². The van der Waals surface area contributed by atoms with E-state index in [1.807, 2.05) is 20.8 Å². The first-order chi connectivity index (χ1) is 5.63. The molecule has 68 valence electrons. The van der Waals surface area contributed by atoms with Gasteiger partial charge in [-0.1, -0.05) is 26.0 Å². The molecule has 0 amide bonds. The highest BCUT2D eigenvalue weighted by Gasteiger charge is 1.93. The highest BCUT2D eigenvalue weighted by atomic mass is 16.3. The molecule has 0 unspecified atom stereocenters. The third kappa shape index (κ3) is 2.26. The molecule has 1 aromatic heterocycles. The van der Waals surface area contributed by atoms with E-state index in [0.29, 0.717) is 0 Å². The van der Waals surface area contributed by atoms with E-state index in [9.17, 15) is 0 Å². The van der Waals surface area contributed by atoms with Crippen LogP contribution in [0.2, 0.25) is 0 Å². The van der Waals surface area contributed by atoms with Gasteiger partial charge in [-0.05, 0) is 26.3 Å². The van der Waals surface area contributed by atoms with E-state index in [2.05, 4.69) is 20.4 Å². The van der Waals surface area contributed by atoms with Crippen LogP contribution in [0.15, 0.2) is 10.7 Å². The van der Waals surface area contributed by atoms with Crippen molar-refractivity contribution in [1.82, 2.24) is 0 Å². The fourth-order valence-electron chi connectivity index (χ4n) is 1.17. The summed E-state index contributed by atoms with van der Waals surface area (Å²) in [5, 5.41) is 1.17. The molecule has 0 radical (unpaired) electrons. The molecule has 0 saturated carbocycles. The van der Waals surface area contributed by atoms with Gasteiger partial charge in [-0.25, -0.2) is 0 Å². The molecule has 0 saturated heterocycles. The number of rotatable bonds is 0. The van der Waals surface area contributed by atoms with Crippen LogP contribution in [0, 0.1) is 6.92 Å². The van der Waals surface area contributed by atoms with Gasteiger partial charge in [0.05, 0.1) is 6.26 Å². The molecule has 0 aliphatic carbocycles. The topological polar surface area (TPSA) is 13.1 Å². The Kier molecular flexibility index (Phi) is 4.42. The van der Waals surface area contributed by atoms with E-state index < -0.39 is 0 Å². The molecule has 0 N–H and O–H groups in total. The lowest BCUT2D eigenvalue weighted by Gasteiger charge is -1.84. The van der Waals surface area contributed by atoms with E-state index in [1.54, 1.807) is 6.26 Å². The SMILES string of the molecule is C=c1occ(C)c1=C(C)C.CC. The standard InChI is InChI=1S/C9H12O.C2H6/c1-6(2)9-7(3)5-10-8(9)4;1-2/h5H,4H2,1-3H3;1-2H3. The second kappa shape index (κ2) is 4.81. The summed E-state index contributed by atoms with van der Waals surface area (Å²) in [6.45, 7) is 13.9. The molecule has 1 nitrogen and oxygen atoms in total. The zero-order chi connectivity index (χ0) is 9.72. The van der Waals surface area contributed by atoms with Gasteiger partial charge < -0.3 is 4.42 Å². The van der Waals surface area contributed by atoms with Crippen molar-refractivity contribution in [2.75, 3.05) is 0 Å². The van der Waals surface area contributed by atoms with Gasteiger partial charge in [-0.3, -0.25) is 0 Å². The summed E-state index contributed by atoms with van der Waals surface area (Å²) >= 11 is 0. The summed E-state index contributed by atoms with van der Waals surface area (Å²) in [6, 6.07) is 0. The first-order valence-electron chi connectivity index (χ1n) is 4.33. The van der Waals surface area contributed by atoms with Crippen LogP contribution in [-0.2, 0) is 0 Å². The molecule has 0 bridgehead atoms. The van der Waals surface area contributed by atoms with E-state index in [4.69, 9.17) is 4.42 Å². The molecule has 1 rings (SSSR count). The fourth-order valence-corrected chi connectivity index (χ4v) is 1.17. The lowest BCUT2D eigenvalue weighted by atomic mass is 10.2. The van der Waals surface area contributed by atoms with Crippen LogP contribution in [-0.4, -0.2) is 0 Å². The lowest BCUT2D eigenvalue weighted by Crippen LogP contribution is -2.21. The van der Waals surface area contributed by atoms with Crippen molar-refractivity contribution in [3.63, 3.8) is 0 Å². The first-order valence-corrected chi connectivity index (χ1v) is 4.33. The molecule has 0 atom stereocenters. The Bertz CT molecular complexity index is 326. The van der Waals surface area contributed by atoms with E-state index in [-0.39, 0.29) is 0 Å². The second-order valence-electron chi connectivity index (χ2n) is 2.72. The molecule has 0 spiro atoms. The number of aryl methyl sites for hydroxylation is 1. The maximum Gasteiger partial charge on any atom is 0.126 e. The largest absolute Gasteiger partial charge is 0.465 e. The Morgan fingerprint density at radius 2 is 1.83 bits per heavy atom. The zero-order valence-corrected chi connectivity index (χ0v) is 8.69. The smallest absolute Gasteiger partial charge is 0.126 e. The van der Waals surface area contributed by atoms with Crippen LogP contribution in [0.1, 0.15) is 33.3 Å². The predicted molar refractivity (Wildman–Crippen MR) is 54.3 cm³/mol. The van der Waals surface area contributed by atoms with Crippen LogP contribution in [0.3, 0.4) is 0 Å². The van der Waals surface area contributed by atoms with Crippen LogP contribution in [0.25, 0.3) is 12.2 Å². The number of hydrogen-bond donors (Lipinski definition) is 0. The Balaban J connectivity index is 0.000000561. The average Bonchev–Trinajstić information content (AvgIpc) is 2.35. The minimum atomic E-state index is 0.775. The van der Waals surface area contributed by atoms with E-state index in [0.717, 1.165) is 5.42 Å². The molecule has 0 fully saturated rings. The van der Waals surface area contributed by atoms with Gasteiger partial charge in [-0.15, -0.1) is 0 Å². The van der Waals surface area contributed by atoms with Gasteiger partial charge in [0, 0.05) is 5.22 Å². The Morgan fingerprint density at radius 1 is 1.33 bits per heavy atom. The summed E-state index contributed by atoms with van der Waals surface area (Å²) in [7, 11) is 0. The van der Waals surface area contributed by atoms with Gasteiger partial charge in [-0.2, -0.15) is 0 Å². The second-order valence-corrected chi connectivity index (χ2v) is 2.72. The quantitative estimate of drug-likeness (QED) is 0.576. The highest BCUT2D eigenvalue weighted by Crippen LogP contribution is 1.89. The third-order valence-corrected chi connectivity index (χ3v) is 1.55. The van der Waals surface area contributed by atoms with Crippen LogP contribution < -0.4 is 10.6 Å². The minimum absolute atomic E-state index is 0.775. The fraction of sp³-hybridized carbons (Fsp3) is 0.455. The van der Waals surface area contributed by atoms with Gasteiger partial charge in [0.2, 0.25) is 0 Å². The Labute approximate surface area is 74.4 Å². The normalized spacial score (nSPS) is 8.75. The summed E-state index contributed by atoms with van der Waals surface area (Å²) in [5.74, 6) is 0. The molecular formula is C11H18O. The molecular weight excluding hydrogens is 148 g/mol. The monoisotopic (exact) mass is 166 g/mol. The Hall–Kier alpha value is -0.980. The van der Waals surface area contributed by atoms with Crippen LogP contribution in [0.4, 0.5) is 0 Å². The summed E-state index contributed by atoms with van der Waals surface area (Å²) in [6.07, 6.45) is 1.74. The highest BCUT2D eigenvalue weighted by molar-refractivity contribution is 5.40. The Morgan fingerprint density at radius 3 is 2.00 bits per heavy atom. The summed E-state index contributed by atoms with van der Waals surface area (Å²) in [5.41, 5.74) is 3.21. The first kappa shape index (κ1) is 11.0. The van der Waals surface area contributed by atoms with Crippen molar-refractivity contribution in [3.8, 4) is 0 Å². The van der Waals surface area contributed by atoms with Gasteiger partial charge in [0.1, 0.15) is 5.42 Å². The van der Waals surface area contributed by atoms with Crippen molar-refractivity contribution in [2.24, 2.45) is 0 Å². The maximum absolute atomic E-state index is 5.12. The molecule has 12 heavy (non-hydrogen) atoms. The van der Waals surface area contributed by atoms with Crippen LogP contribution >= 0.6 is 0 Å². The summed E-state index contributed by atoms with van der Waals surface area (Å²) < 4.78 is 5.12. The van der Waals surface area contributed by atoms with Gasteiger partial charge >= 0.3 is 0 Å². The van der Waals surface area contributed by atoms with Crippen LogP contribution in [0.5, 0.6) is 0 Å². The maximum atomic E-state index is 5.12. The van der Waals surface area contributed by atoms with Crippen molar-refractivity contribution in [2.45, 2.75) is 34.6 Å². The molecule has 1 heteroatoms. The van der Waals surface area contributed by atoms with E-state index >= 15 is 0 Å². The lowest BCUT2D eigenvalue weighted by molar-refractivity contribution is 0.531. The van der Waals surface area contributed by atoms with Crippen molar-refractivity contribution in [1.29, 1.82) is 0 Å². The number of furan rings is 1. The minimum Gasteiger partial charge on any atom is -0.465 e. The molecule has 1 heterocycles. The number of hydrogen-bond acceptors (Lipinski definition) is 1. The zero-order valence-electron chi connectivity index (χ0n) is 8.69. The average molecular weight is 166 g/mol. The van der Waals surface area contributed by atoms with Crippen molar-refractivity contribution >= 4 is 12.2 Å². The molecule has 0 aromatic carbocycles. The molecule has 0 aliphatic heterocycles. The van der Waals surface area contributed by atoms with E-state index in [1.165, 1.54) is 16.4 Å². The summed E-state index contributed by atoms with van der Waals surface area (Å²) in [4.78, 5) is 0. The van der Waals surface area contributed by atoms with Gasteiger partial charge in [0.25, 0.3) is 0 Å².